The van der Waals surface area contributed by atoms with Gasteiger partial charge in [0.2, 0.25) is 0 Å². The van der Waals surface area contributed by atoms with E-state index in [2.05, 4.69) is 27.7 Å². The minimum absolute atomic E-state index is 0.0165. The van der Waals surface area contributed by atoms with E-state index in [-0.39, 0.29) is 23.7 Å². The van der Waals surface area contributed by atoms with E-state index in [1.54, 1.807) is 12.1 Å². The molecule has 3 aromatic rings. The number of aryl methyl sites for hydroxylation is 1. The number of aromatic nitrogens is 1. The van der Waals surface area contributed by atoms with Gasteiger partial charge in [-0.3, -0.25) is 9.69 Å². The quantitative estimate of drug-likeness (QED) is 0.430. The Morgan fingerprint density at radius 2 is 1.98 bits per heavy atom. The number of aromatic hydroxyl groups is 1. The summed E-state index contributed by atoms with van der Waals surface area (Å²) in [6, 6.07) is 16.0. The average molecular weight is 537 g/mol. The zero-order valence-corrected chi connectivity index (χ0v) is 23.0. The van der Waals surface area contributed by atoms with Crippen molar-refractivity contribution in [1.82, 2.24) is 9.47 Å². The number of phenols is 1. The van der Waals surface area contributed by atoms with Crippen LogP contribution in [0.25, 0.3) is 6.08 Å². The normalized spacial score (nSPS) is 29.8. The van der Waals surface area contributed by atoms with Gasteiger partial charge in [-0.15, -0.1) is 0 Å². The zero-order chi connectivity index (χ0) is 27.2. The first-order valence-corrected chi connectivity index (χ1v) is 14.8. The van der Waals surface area contributed by atoms with E-state index in [9.17, 15) is 15.0 Å². The van der Waals surface area contributed by atoms with E-state index in [4.69, 9.17) is 4.74 Å². The number of aliphatic hydroxyl groups is 1. The number of ether oxygens (including phenoxy) is 1. The monoisotopic (exact) mass is 536 g/mol. The number of carbonyl (C=O) groups excluding carboxylic acids is 1. The largest absolute Gasteiger partial charge is 0.504 e. The van der Waals surface area contributed by atoms with Crippen molar-refractivity contribution >= 4 is 11.9 Å². The van der Waals surface area contributed by atoms with Crippen molar-refractivity contribution < 1.29 is 19.7 Å². The summed E-state index contributed by atoms with van der Waals surface area (Å²) in [7, 11) is 2.03. The SMILES string of the molecule is Cn1c(/C=C/C(=O)CCc2ccccc2)cc2c1[C@@H]1Oc3c(O)ccc4c3[C@@]13CCN(CC1CC1)[C@H](C4)[C@]3(O)C2. The molecule has 0 unspecified atom stereocenters. The third kappa shape index (κ3) is 3.32. The van der Waals surface area contributed by atoms with Crippen LogP contribution in [0.2, 0.25) is 0 Å². The number of fused-ring (bicyclic) bond motifs is 2. The molecule has 2 N–H and O–H groups in total. The summed E-state index contributed by atoms with van der Waals surface area (Å²) in [4.78, 5) is 15.3. The Labute approximate surface area is 234 Å². The zero-order valence-electron chi connectivity index (χ0n) is 23.0. The van der Waals surface area contributed by atoms with Crippen LogP contribution in [0.5, 0.6) is 11.5 Å². The topological polar surface area (TPSA) is 74.9 Å². The van der Waals surface area contributed by atoms with Crippen molar-refractivity contribution in [3.63, 3.8) is 0 Å². The second-order valence-electron chi connectivity index (χ2n) is 12.8. The molecule has 2 aromatic carbocycles. The summed E-state index contributed by atoms with van der Waals surface area (Å²) in [5.74, 6) is 1.55. The van der Waals surface area contributed by atoms with E-state index in [1.165, 1.54) is 18.4 Å². The highest BCUT2D eigenvalue weighted by molar-refractivity contribution is 5.93. The van der Waals surface area contributed by atoms with Gasteiger partial charge in [-0.1, -0.05) is 36.4 Å². The number of allylic oxidation sites excluding steroid dienone is 1. The Morgan fingerprint density at radius 1 is 1.15 bits per heavy atom. The van der Waals surface area contributed by atoms with Gasteiger partial charge >= 0.3 is 0 Å². The van der Waals surface area contributed by atoms with Crippen LogP contribution >= 0.6 is 0 Å². The minimum atomic E-state index is -0.988. The molecule has 5 aliphatic rings. The number of nitrogens with zero attached hydrogens (tertiary/aromatic N) is 2. The molecule has 2 fully saturated rings. The maximum absolute atomic E-state index is 12.9. The molecule has 2 bridgehead atoms. The number of benzene rings is 2. The molecule has 206 valence electrons. The molecular formula is C34H36N2O4. The number of hydrogen-bond donors (Lipinski definition) is 2. The van der Waals surface area contributed by atoms with E-state index < -0.39 is 11.0 Å². The number of piperidine rings is 1. The smallest absolute Gasteiger partial charge is 0.166 e. The van der Waals surface area contributed by atoms with Gasteiger partial charge < -0.3 is 19.5 Å². The highest BCUT2D eigenvalue weighted by Crippen LogP contribution is 2.68. The maximum atomic E-state index is 12.9. The predicted octanol–water partition coefficient (Wildman–Crippen LogP) is 4.64. The van der Waals surface area contributed by atoms with Crippen LogP contribution in [0.1, 0.15) is 65.4 Å². The number of rotatable bonds is 7. The van der Waals surface area contributed by atoms with Crippen molar-refractivity contribution in [2.75, 3.05) is 13.1 Å². The molecule has 4 atom stereocenters. The third-order valence-electron chi connectivity index (χ3n) is 10.6. The van der Waals surface area contributed by atoms with Crippen molar-refractivity contribution in [3.05, 3.63) is 88.2 Å². The van der Waals surface area contributed by atoms with Gasteiger partial charge in [-0.25, -0.2) is 0 Å². The molecular weight excluding hydrogens is 500 g/mol. The summed E-state index contributed by atoms with van der Waals surface area (Å²) >= 11 is 0. The third-order valence-corrected chi connectivity index (χ3v) is 10.6. The molecule has 1 saturated carbocycles. The average Bonchev–Trinajstić information content (AvgIpc) is 3.62. The Bertz CT molecular complexity index is 1550. The second-order valence-corrected chi connectivity index (χ2v) is 12.8. The van der Waals surface area contributed by atoms with Gasteiger partial charge in [-0.05, 0) is 85.5 Å². The molecule has 0 radical (unpaired) electrons. The lowest BCUT2D eigenvalue weighted by molar-refractivity contribution is -0.173. The van der Waals surface area contributed by atoms with Gasteiger partial charge in [0.1, 0.15) is 0 Å². The van der Waals surface area contributed by atoms with Gasteiger partial charge in [0, 0.05) is 43.7 Å². The number of hydrogen-bond acceptors (Lipinski definition) is 5. The summed E-state index contributed by atoms with van der Waals surface area (Å²) in [6.07, 6.45) is 9.11. The van der Waals surface area contributed by atoms with Crippen LogP contribution in [-0.2, 0) is 36.5 Å². The van der Waals surface area contributed by atoms with Crippen molar-refractivity contribution in [3.8, 4) is 11.5 Å². The van der Waals surface area contributed by atoms with E-state index in [0.717, 1.165) is 66.3 Å². The Balaban J connectivity index is 1.17. The summed E-state index contributed by atoms with van der Waals surface area (Å²) in [6.45, 7) is 1.98. The molecule has 3 heterocycles. The Morgan fingerprint density at radius 3 is 2.77 bits per heavy atom. The van der Waals surface area contributed by atoms with Gasteiger partial charge in [-0.2, -0.15) is 0 Å². The van der Waals surface area contributed by atoms with Gasteiger partial charge in [0.05, 0.1) is 16.7 Å². The minimum Gasteiger partial charge on any atom is -0.504 e. The predicted molar refractivity (Wildman–Crippen MR) is 152 cm³/mol. The van der Waals surface area contributed by atoms with Crippen LogP contribution in [-0.4, -0.2) is 50.2 Å². The van der Waals surface area contributed by atoms with Crippen molar-refractivity contribution in [2.24, 2.45) is 13.0 Å². The molecule has 6 heteroatoms. The number of phenolic OH excluding ortho intramolecular Hbond substituents is 1. The lowest BCUT2D eigenvalue weighted by Gasteiger charge is -2.62. The molecule has 3 aliphatic carbocycles. The first-order valence-electron chi connectivity index (χ1n) is 14.8. The van der Waals surface area contributed by atoms with Crippen LogP contribution in [0.15, 0.2) is 54.6 Å². The molecule has 2 aliphatic heterocycles. The molecule has 6 nitrogen and oxygen atoms in total. The fraction of sp³-hybridized carbons (Fsp3) is 0.441. The number of carbonyl (C=O) groups is 1. The summed E-state index contributed by atoms with van der Waals surface area (Å²) in [5.41, 5.74) is 4.88. The van der Waals surface area contributed by atoms with E-state index in [1.807, 2.05) is 37.4 Å². The highest BCUT2D eigenvalue weighted by atomic mass is 16.5. The highest BCUT2D eigenvalue weighted by Gasteiger charge is 2.72. The fourth-order valence-electron chi connectivity index (χ4n) is 8.47. The summed E-state index contributed by atoms with van der Waals surface area (Å²) in [5, 5.41) is 23.8. The molecule has 1 spiro atoms. The number of ketones is 1. The van der Waals surface area contributed by atoms with Crippen molar-refractivity contribution in [1.29, 1.82) is 0 Å². The van der Waals surface area contributed by atoms with Gasteiger partial charge in [0.25, 0.3) is 0 Å². The van der Waals surface area contributed by atoms with Crippen molar-refractivity contribution in [2.45, 2.75) is 68.1 Å². The lowest BCUT2D eigenvalue weighted by atomic mass is 9.49. The Hall–Kier alpha value is -3.35. The molecule has 8 rings (SSSR count). The van der Waals surface area contributed by atoms with Crippen LogP contribution in [0.3, 0.4) is 0 Å². The molecule has 1 saturated heterocycles. The van der Waals surface area contributed by atoms with Crippen LogP contribution in [0, 0.1) is 5.92 Å². The fourth-order valence-corrected chi connectivity index (χ4v) is 8.47. The molecule has 1 aromatic heterocycles. The Kier molecular flexibility index (Phi) is 5.24. The molecule has 0 amide bonds. The molecule has 40 heavy (non-hydrogen) atoms. The second kappa shape index (κ2) is 8.58. The first-order chi connectivity index (χ1) is 19.4. The summed E-state index contributed by atoms with van der Waals surface area (Å²) < 4.78 is 8.83. The van der Waals surface area contributed by atoms with Crippen LogP contribution < -0.4 is 4.74 Å². The van der Waals surface area contributed by atoms with Crippen LogP contribution in [0.4, 0.5) is 0 Å². The lowest BCUT2D eigenvalue weighted by Crippen LogP contribution is -2.74. The van der Waals surface area contributed by atoms with E-state index in [0.29, 0.717) is 18.6 Å². The number of likely N-dealkylation sites (tertiary alicyclic amines) is 1. The standard InChI is InChI=1S/C34H36N2O4/c1-35-25(11-13-26(37)12-9-21-5-3-2-4-6-21)17-24-19-34(39)28-18-23-10-14-27(38)31-29(23)33(34,32(40-31)30(24)35)15-16-36(28)20-22-7-8-22/h2-6,10-11,13-14,17,22,28,32,38-39H,7-9,12,15-16,18-20H2,1H3/b13-11+/t28-,32+,33+,34-/m1/s1. The van der Waals surface area contributed by atoms with Gasteiger partial charge in [0.15, 0.2) is 23.4 Å². The first kappa shape index (κ1) is 24.4. The maximum Gasteiger partial charge on any atom is 0.166 e. The van der Waals surface area contributed by atoms with E-state index >= 15 is 0 Å².